The summed E-state index contributed by atoms with van der Waals surface area (Å²) in [4.78, 5) is 25.3. The first-order valence-corrected chi connectivity index (χ1v) is 8.11. The molecule has 0 spiro atoms. The van der Waals surface area contributed by atoms with Crippen LogP contribution in [0.4, 0.5) is 4.79 Å². The van der Waals surface area contributed by atoms with Crippen molar-refractivity contribution >= 4 is 12.1 Å². The SMILES string of the molecule is COC(=O)c1cccc(OC2CCN(C(=O)OC(C)(C)C)CC2)c1. The second-order valence-corrected chi connectivity index (χ2v) is 6.80. The van der Waals surface area contributed by atoms with Gasteiger partial charge in [0.1, 0.15) is 17.5 Å². The van der Waals surface area contributed by atoms with E-state index in [0.29, 0.717) is 24.4 Å². The van der Waals surface area contributed by atoms with Gasteiger partial charge in [-0.25, -0.2) is 9.59 Å². The number of carbonyl (C=O) groups excluding carboxylic acids is 2. The van der Waals surface area contributed by atoms with Gasteiger partial charge in [-0.2, -0.15) is 0 Å². The van der Waals surface area contributed by atoms with Crippen LogP contribution in [-0.2, 0) is 9.47 Å². The van der Waals surface area contributed by atoms with Crippen molar-refractivity contribution in [1.29, 1.82) is 0 Å². The van der Waals surface area contributed by atoms with Crippen LogP contribution in [0.25, 0.3) is 0 Å². The first-order chi connectivity index (χ1) is 11.3. The van der Waals surface area contributed by atoms with E-state index in [9.17, 15) is 9.59 Å². The number of nitrogens with zero attached hydrogens (tertiary/aromatic N) is 1. The largest absolute Gasteiger partial charge is 0.490 e. The minimum atomic E-state index is -0.487. The smallest absolute Gasteiger partial charge is 0.410 e. The predicted molar refractivity (Wildman–Crippen MR) is 89.2 cm³/mol. The van der Waals surface area contributed by atoms with E-state index in [-0.39, 0.29) is 18.2 Å². The Bertz CT molecular complexity index is 585. The third kappa shape index (κ3) is 5.15. The topological polar surface area (TPSA) is 65.1 Å². The lowest BCUT2D eigenvalue weighted by Gasteiger charge is -2.33. The number of hydrogen-bond donors (Lipinski definition) is 0. The molecule has 1 amide bonds. The molecular formula is C18H25NO5. The van der Waals surface area contributed by atoms with Gasteiger partial charge < -0.3 is 19.1 Å². The highest BCUT2D eigenvalue weighted by Crippen LogP contribution is 2.21. The molecule has 6 heteroatoms. The second kappa shape index (κ2) is 7.55. The Kier molecular flexibility index (Phi) is 5.70. The molecular weight excluding hydrogens is 310 g/mol. The maximum Gasteiger partial charge on any atom is 0.410 e. The van der Waals surface area contributed by atoms with E-state index in [1.165, 1.54) is 7.11 Å². The van der Waals surface area contributed by atoms with Gasteiger partial charge in [-0.05, 0) is 39.0 Å². The van der Waals surface area contributed by atoms with Gasteiger partial charge in [0.05, 0.1) is 12.7 Å². The van der Waals surface area contributed by atoms with Crippen molar-refractivity contribution in [2.75, 3.05) is 20.2 Å². The molecule has 1 saturated heterocycles. The van der Waals surface area contributed by atoms with Gasteiger partial charge >= 0.3 is 12.1 Å². The summed E-state index contributed by atoms with van der Waals surface area (Å²) in [6.45, 7) is 6.76. The van der Waals surface area contributed by atoms with Crippen molar-refractivity contribution in [3.05, 3.63) is 29.8 Å². The van der Waals surface area contributed by atoms with E-state index >= 15 is 0 Å². The molecule has 0 unspecified atom stereocenters. The van der Waals surface area contributed by atoms with Gasteiger partial charge in [0.2, 0.25) is 0 Å². The summed E-state index contributed by atoms with van der Waals surface area (Å²) in [7, 11) is 1.35. The zero-order chi connectivity index (χ0) is 17.7. The lowest BCUT2D eigenvalue weighted by atomic mass is 10.1. The minimum Gasteiger partial charge on any atom is -0.490 e. The van der Waals surface area contributed by atoms with Crippen LogP contribution in [0.5, 0.6) is 5.75 Å². The van der Waals surface area contributed by atoms with Crippen LogP contribution in [-0.4, -0.2) is 48.9 Å². The molecule has 0 bridgehead atoms. The predicted octanol–water partition coefficient (Wildman–Crippen LogP) is 3.25. The van der Waals surface area contributed by atoms with E-state index in [0.717, 1.165) is 12.8 Å². The van der Waals surface area contributed by atoms with Gasteiger partial charge in [0, 0.05) is 25.9 Å². The summed E-state index contributed by atoms with van der Waals surface area (Å²) in [6.07, 6.45) is 1.17. The fourth-order valence-electron chi connectivity index (χ4n) is 2.49. The van der Waals surface area contributed by atoms with E-state index in [4.69, 9.17) is 14.2 Å². The first-order valence-electron chi connectivity index (χ1n) is 8.11. The Morgan fingerprint density at radius 3 is 2.42 bits per heavy atom. The molecule has 1 aromatic rings. The lowest BCUT2D eigenvalue weighted by Crippen LogP contribution is -2.44. The summed E-state index contributed by atoms with van der Waals surface area (Å²) in [5.41, 5.74) is -0.0279. The summed E-state index contributed by atoms with van der Waals surface area (Å²) < 4.78 is 16.0. The molecule has 6 nitrogen and oxygen atoms in total. The maximum absolute atomic E-state index is 12.0. The third-order valence-electron chi connectivity index (χ3n) is 3.65. The Labute approximate surface area is 142 Å². The number of methoxy groups -OCH3 is 1. The first kappa shape index (κ1) is 18.1. The monoisotopic (exact) mass is 335 g/mol. The lowest BCUT2D eigenvalue weighted by molar-refractivity contribution is 0.0126. The van der Waals surface area contributed by atoms with Crippen LogP contribution in [0.1, 0.15) is 44.0 Å². The highest BCUT2D eigenvalue weighted by molar-refractivity contribution is 5.89. The molecule has 0 aliphatic carbocycles. The molecule has 0 radical (unpaired) electrons. The molecule has 0 N–H and O–H groups in total. The maximum atomic E-state index is 12.0. The van der Waals surface area contributed by atoms with Crippen LogP contribution >= 0.6 is 0 Å². The molecule has 24 heavy (non-hydrogen) atoms. The van der Waals surface area contributed by atoms with Crippen LogP contribution in [0.2, 0.25) is 0 Å². The molecule has 1 heterocycles. The molecule has 132 valence electrons. The van der Waals surface area contributed by atoms with Gasteiger partial charge in [0.15, 0.2) is 0 Å². The van der Waals surface area contributed by atoms with Crippen molar-refractivity contribution in [1.82, 2.24) is 4.90 Å². The van der Waals surface area contributed by atoms with Crippen molar-refractivity contribution in [3.8, 4) is 5.75 Å². The zero-order valence-corrected chi connectivity index (χ0v) is 14.7. The number of ether oxygens (including phenoxy) is 3. The van der Waals surface area contributed by atoms with E-state index < -0.39 is 5.60 Å². The van der Waals surface area contributed by atoms with Crippen molar-refractivity contribution in [2.45, 2.75) is 45.3 Å². The quantitative estimate of drug-likeness (QED) is 0.793. The fraction of sp³-hybridized carbons (Fsp3) is 0.556. The van der Waals surface area contributed by atoms with Gasteiger partial charge in [-0.3, -0.25) is 0 Å². The van der Waals surface area contributed by atoms with Crippen LogP contribution < -0.4 is 4.74 Å². The number of esters is 1. The Balaban J connectivity index is 1.87. The molecule has 0 aromatic heterocycles. The normalized spacial score (nSPS) is 15.8. The van der Waals surface area contributed by atoms with Crippen LogP contribution in [0, 0.1) is 0 Å². The summed E-state index contributed by atoms with van der Waals surface area (Å²) in [6, 6.07) is 6.93. The standard InChI is InChI=1S/C18H25NO5/c1-18(2,3)24-17(21)19-10-8-14(9-11-19)23-15-7-5-6-13(12-15)16(20)22-4/h5-7,12,14H,8-11H2,1-4H3. The van der Waals surface area contributed by atoms with E-state index in [1.54, 1.807) is 23.1 Å². The number of hydrogen-bond acceptors (Lipinski definition) is 5. The summed E-state index contributed by atoms with van der Waals surface area (Å²) in [5, 5.41) is 0. The van der Waals surface area contributed by atoms with Crippen LogP contribution in [0.15, 0.2) is 24.3 Å². The van der Waals surface area contributed by atoms with Gasteiger partial charge in [-0.15, -0.1) is 0 Å². The fourth-order valence-corrected chi connectivity index (χ4v) is 2.49. The van der Waals surface area contributed by atoms with Gasteiger partial charge in [-0.1, -0.05) is 6.07 Å². The van der Waals surface area contributed by atoms with Gasteiger partial charge in [0.25, 0.3) is 0 Å². The second-order valence-electron chi connectivity index (χ2n) is 6.80. The Morgan fingerprint density at radius 1 is 1.17 bits per heavy atom. The van der Waals surface area contributed by atoms with Crippen LogP contribution in [0.3, 0.4) is 0 Å². The number of likely N-dealkylation sites (tertiary alicyclic amines) is 1. The van der Waals surface area contributed by atoms with Crippen molar-refractivity contribution in [2.24, 2.45) is 0 Å². The number of rotatable bonds is 3. The van der Waals surface area contributed by atoms with Crippen molar-refractivity contribution < 1.29 is 23.8 Å². The number of carbonyl (C=O) groups is 2. The minimum absolute atomic E-state index is 0.0107. The highest BCUT2D eigenvalue weighted by Gasteiger charge is 2.27. The summed E-state index contributed by atoms with van der Waals surface area (Å²) >= 11 is 0. The molecule has 1 aliphatic rings. The van der Waals surface area contributed by atoms with Crippen molar-refractivity contribution in [3.63, 3.8) is 0 Å². The molecule has 1 aliphatic heterocycles. The molecule has 1 fully saturated rings. The Hall–Kier alpha value is -2.24. The number of piperidine rings is 1. The average molecular weight is 335 g/mol. The molecule has 1 aromatic carbocycles. The van der Waals surface area contributed by atoms with E-state index in [1.807, 2.05) is 26.8 Å². The molecule has 0 saturated carbocycles. The molecule has 2 rings (SSSR count). The molecule has 0 atom stereocenters. The highest BCUT2D eigenvalue weighted by atomic mass is 16.6. The van der Waals surface area contributed by atoms with E-state index in [2.05, 4.69) is 0 Å². The summed E-state index contributed by atoms with van der Waals surface area (Å²) in [5.74, 6) is 0.244. The zero-order valence-electron chi connectivity index (χ0n) is 14.7. The number of amides is 1. The Morgan fingerprint density at radius 2 is 1.83 bits per heavy atom. The average Bonchev–Trinajstić information content (AvgIpc) is 2.53. The third-order valence-corrected chi connectivity index (χ3v) is 3.65. The number of benzene rings is 1.